The van der Waals surface area contributed by atoms with Gasteiger partial charge in [-0.3, -0.25) is 4.79 Å². The second kappa shape index (κ2) is 7.97. The van der Waals surface area contributed by atoms with Gasteiger partial charge in [-0.2, -0.15) is 0 Å². The van der Waals surface area contributed by atoms with E-state index in [1.54, 1.807) is 18.5 Å². The third kappa shape index (κ3) is 3.79. The molecule has 1 aliphatic heterocycles. The number of benzene rings is 1. The van der Waals surface area contributed by atoms with E-state index in [4.69, 9.17) is 25.7 Å². The molecule has 3 aromatic heterocycles. The second-order valence-electron chi connectivity index (χ2n) is 8.66. The van der Waals surface area contributed by atoms with Crippen LogP contribution in [0.4, 0.5) is 11.5 Å². The van der Waals surface area contributed by atoms with Crippen molar-refractivity contribution in [1.82, 2.24) is 15.0 Å². The average Bonchev–Trinajstić information content (AvgIpc) is 3.42. The molecule has 1 amide bonds. The molecule has 4 aromatic rings. The molecular weight excluding hydrogens is 442 g/mol. The number of anilines is 2. The lowest BCUT2D eigenvalue weighted by atomic mass is 10.1. The van der Waals surface area contributed by atoms with Gasteiger partial charge in [-0.25, -0.2) is 15.0 Å². The van der Waals surface area contributed by atoms with E-state index in [1.807, 2.05) is 18.2 Å². The number of hydrogen-bond donors (Lipinski definition) is 1. The summed E-state index contributed by atoms with van der Waals surface area (Å²) in [5, 5.41) is 4.69. The topological polar surface area (TPSA) is 93.4 Å². The Balaban J connectivity index is 1.38. The number of amides is 1. The van der Waals surface area contributed by atoms with Crippen LogP contribution in [0.1, 0.15) is 13.3 Å². The van der Waals surface area contributed by atoms with Crippen molar-refractivity contribution >= 4 is 50.9 Å². The summed E-state index contributed by atoms with van der Waals surface area (Å²) in [6.45, 7) is 5.21. The lowest BCUT2D eigenvalue weighted by molar-refractivity contribution is -0.117. The van der Waals surface area contributed by atoms with Crippen molar-refractivity contribution in [3.05, 3.63) is 41.8 Å². The van der Waals surface area contributed by atoms with Gasteiger partial charge in [0.1, 0.15) is 16.5 Å². The lowest BCUT2D eigenvalue weighted by Crippen LogP contribution is -2.36. The first-order valence-electron chi connectivity index (χ1n) is 11.1. The van der Waals surface area contributed by atoms with Crippen LogP contribution in [0.3, 0.4) is 0 Å². The van der Waals surface area contributed by atoms with Gasteiger partial charge in [0, 0.05) is 47.9 Å². The summed E-state index contributed by atoms with van der Waals surface area (Å²) >= 11 is 6.33. The van der Waals surface area contributed by atoms with E-state index in [1.165, 1.54) is 0 Å². The zero-order valence-corrected chi connectivity index (χ0v) is 18.8. The van der Waals surface area contributed by atoms with Crippen LogP contribution in [0.15, 0.2) is 41.1 Å². The third-order valence-corrected chi connectivity index (χ3v) is 6.70. The van der Waals surface area contributed by atoms with E-state index >= 15 is 0 Å². The quantitative estimate of drug-likeness (QED) is 0.444. The Kier molecular flexibility index (Phi) is 4.92. The Morgan fingerprint density at radius 2 is 1.97 bits per heavy atom. The standard InChI is InChI=1S/C24H22ClN5O3/c1-13-8-15(13)23(31)29-21-10-16-17(11-26-21)22(25)27-12-18(16)24-28-19-9-14(2-3-20(19)33-24)30-4-6-32-7-5-30/h2-3,9-13,15H,4-8H2,1H3,(H,26,29,31)/t13-,15+/m1/s1. The Morgan fingerprint density at radius 1 is 1.15 bits per heavy atom. The number of morpholine rings is 1. The average molecular weight is 464 g/mol. The van der Waals surface area contributed by atoms with Crippen molar-refractivity contribution < 1.29 is 13.9 Å². The molecule has 4 heterocycles. The molecule has 1 aromatic carbocycles. The SMILES string of the molecule is C[C@@H]1C[C@@H]1C(=O)Nc1cc2c(-c3nc4cc(N5CCOCC5)ccc4o3)cnc(Cl)c2cn1. The maximum Gasteiger partial charge on any atom is 0.229 e. The number of nitrogens with zero attached hydrogens (tertiary/aromatic N) is 4. The molecule has 33 heavy (non-hydrogen) atoms. The first-order valence-corrected chi connectivity index (χ1v) is 11.4. The molecule has 0 spiro atoms. The maximum atomic E-state index is 12.4. The van der Waals surface area contributed by atoms with Crippen LogP contribution in [-0.4, -0.2) is 47.2 Å². The normalized spacial score (nSPS) is 20.4. The summed E-state index contributed by atoms with van der Waals surface area (Å²) in [7, 11) is 0. The number of hydrogen-bond acceptors (Lipinski definition) is 7. The minimum absolute atomic E-state index is 0.00597. The molecule has 0 radical (unpaired) electrons. The van der Waals surface area contributed by atoms with E-state index in [0.717, 1.165) is 49.3 Å². The highest BCUT2D eigenvalue weighted by atomic mass is 35.5. The van der Waals surface area contributed by atoms with Crippen molar-refractivity contribution in [2.75, 3.05) is 36.5 Å². The third-order valence-electron chi connectivity index (χ3n) is 6.40. The first kappa shape index (κ1) is 20.4. The van der Waals surface area contributed by atoms with Gasteiger partial charge in [0.25, 0.3) is 0 Å². The number of ether oxygens (including phenoxy) is 1. The van der Waals surface area contributed by atoms with Crippen LogP contribution in [0.2, 0.25) is 5.15 Å². The fraction of sp³-hybridized carbons (Fsp3) is 0.333. The molecule has 0 unspecified atom stereocenters. The summed E-state index contributed by atoms with van der Waals surface area (Å²) in [6, 6.07) is 7.81. The number of carbonyl (C=O) groups is 1. The highest BCUT2D eigenvalue weighted by Crippen LogP contribution is 2.39. The van der Waals surface area contributed by atoms with Gasteiger partial charge in [-0.1, -0.05) is 18.5 Å². The van der Waals surface area contributed by atoms with Crippen molar-refractivity contribution in [3.8, 4) is 11.5 Å². The van der Waals surface area contributed by atoms with Gasteiger partial charge in [0.2, 0.25) is 11.8 Å². The molecule has 1 aliphatic carbocycles. The highest BCUT2D eigenvalue weighted by molar-refractivity contribution is 6.34. The van der Waals surface area contributed by atoms with Crippen LogP contribution in [0, 0.1) is 11.8 Å². The molecule has 168 valence electrons. The number of halogens is 1. The second-order valence-corrected chi connectivity index (χ2v) is 9.02. The van der Waals surface area contributed by atoms with Crippen molar-refractivity contribution in [1.29, 1.82) is 0 Å². The fourth-order valence-corrected chi connectivity index (χ4v) is 4.50. The number of fused-ring (bicyclic) bond motifs is 2. The summed E-state index contributed by atoms with van der Waals surface area (Å²) < 4.78 is 11.5. The highest BCUT2D eigenvalue weighted by Gasteiger charge is 2.39. The van der Waals surface area contributed by atoms with Crippen molar-refractivity contribution in [2.45, 2.75) is 13.3 Å². The van der Waals surface area contributed by atoms with Gasteiger partial charge in [-0.15, -0.1) is 0 Å². The molecule has 8 nitrogen and oxygen atoms in total. The van der Waals surface area contributed by atoms with Gasteiger partial charge >= 0.3 is 0 Å². The molecule has 0 bridgehead atoms. The van der Waals surface area contributed by atoms with E-state index in [2.05, 4.69) is 27.1 Å². The maximum absolute atomic E-state index is 12.4. The van der Waals surface area contributed by atoms with Crippen LogP contribution in [0.25, 0.3) is 33.3 Å². The van der Waals surface area contributed by atoms with E-state index in [0.29, 0.717) is 39.3 Å². The largest absolute Gasteiger partial charge is 0.436 e. The summed E-state index contributed by atoms with van der Waals surface area (Å²) in [5.41, 5.74) is 3.24. The first-order chi connectivity index (χ1) is 16.1. The number of pyridine rings is 2. The molecule has 1 saturated heterocycles. The summed E-state index contributed by atoms with van der Waals surface area (Å²) in [4.78, 5) is 28.1. The van der Waals surface area contributed by atoms with Crippen LogP contribution in [-0.2, 0) is 9.53 Å². The summed E-state index contributed by atoms with van der Waals surface area (Å²) in [6.07, 6.45) is 4.18. The molecule has 6 rings (SSSR count). The number of oxazole rings is 1. The molecule has 1 saturated carbocycles. The molecule has 9 heteroatoms. The van der Waals surface area contributed by atoms with E-state index < -0.39 is 0 Å². The van der Waals surface area contributed by atoms with E-state index in [-0.39, 0.29) is 11.8 Å². The van der Waals surface area contributed by atoms with Crippen LogP contribution >= 0.6 is 11.6 Å². The number of nitrogens with one attached hydrogen (secondary N) is 1. The Bertz CT molecular complexity index is 1380. The Labute approximate surface area is 194 Å². The molecule has 2 atom stereocenters. The van der Waals surface area contributed by atoms with Crippen molar-refractivity contribution in [3.63, 3.8) is 0 Å². The Morgan fingerprint density at radius 3 is 2.76 bits per heavy atom. The molecule has 1 N–H and O–H groups in total. The lowest BCUT2D eigenvalue weighted by Gasteiger charge is -2.28. The molecule has 2 fully saturated rings. The molecule has 2 aliphatic rings. The van der Waals surface area contributed by atoms with Crippen LogP contribution in [0.5, 0.6) is 0 Å². The van der Waals surface area contributed by atoms with E-state index in [9.17, 15) is 4.79 Å². The number of aromatic nitrogens is 3. The monoisotopic (exact) mass is 463 g/mol. The Hall–Kier alpha value is -3.23. The smallest absolute Gasteiger partial charge is 0.229 e. The van der Waals surface area contributed by atoms with Gasteiger partial charge in [0.15, 0.2) is 5.58 Å². The van der Waals surface area contributed by atoms with Gasteiger partial charge < -0.3 is 19.4 Å². The minimum atomic E-state index is -0.00597. The van der Waals surface area contributed by atoms with Crippen molar-refractivity contribution in [2.24, 2.45) is 11.8 Å². The predicted octanol–water partition coefficient (Wildman–Crippen LogP) is 4.52. The number of rotatable bonds is 4. The minimum Gasteiger partial charge on any atom is -0.436 e. The zero-order chi connectivity index (χ0) is 22.5. The molecular formula is C24H22ClN5O3. The fourth-order valence-electron chi connectivity index (χ4n) is 4.30. The van der Waals surface area contributed by atoms with Gasteiger partial charge in [-0.05, 0) is 36.6 Å². The zero-order valence-electron chi connectivity index (χ0n) is 18.0. The summed E-state index contributed by atoms with van der Waals surface area (Å²) in [5.74, 6) is 1.38. The predicted molar refractivity (Wildman–Crippen MR) is 126 cm³/mol. The van der Waals surface area contributed by atoms with Crippen LogP contribution < -0.4 is 10.2 Å². The van der Waals surface area contributed by atoms with Gasteiger partial charge in [0.05, 0.1) is 18.8 Å². The number of carbonyl (C=O) groups excluding carboxylic acids is 1.